The second-order valence-corrected chi connectivity index (χ2v) is 6.84. The largest absolute Gasteiger partial charge is 0.419 e. The first-order chi connectivity index (χ1) is 11.8. The lowest BCUT2D eigenvalue weighted by molar-refractivity contribution is -0.137. The number of hydrogen-bond donors (Lipinski definition) is 3. The SMILES string of the molecule is OC1CN(C[C@@H]2CCN(c3ccncc3C(F)(F)F)C2)CC(O)C1O. The van der Waals surface area contributed by atoms with Crippen LogP contribution in [0.25, 0.3) is 0 Å². The van der Waals surface area contributed by atoms with Crippen molar-refractivity contribution in [3.8, 4) is 0 Å². The smallest absolute Gasteiger partial charge is 0.389 e. The highest BCUT2D eigenvalue weighted by Crippen LogP contribution is 2.37. The van der Waals surface area contributed by atoms with E-state index in [1.807, 2.05) is 4.90 Å². The van der Waals surface area contributed by atoms with Gasteiger partial charge in [0.05, 0.1) is 23.5 Å². The molecular weight excluding hydrogens is 339 g/mol. The van der Waals surface area contributed by atoms with Crippen LogP contribution < -0.4 is 4.90 Å². The van der Waals surface area contributed by atoms with Gasteiger partial charge in [0.1, 0.15) is 6.10 Å². The van der Waals surface area contributed by atoms with Gasteiger partial charge in [-0.3, -0.25) is 9.88 Å². The molecule has 2 fully saturated rings. The van der Waals surface area contributed by atoms with Crippen LogP contribution in [-0.4, -0.2) is 76.2 Å². The molecule has 0 bridgehead atoms. The topological polar surface area (TPSA) is 80.1 Å². The van der Waals surface area contributed by atoms with E-state index >= 15 is 0 Å². The molecule has 2 unspecified atom stereocenters. The van der Waals surface area contributed by atoms with Gasteiger partial charge in [-0.25, -0.2) is 0 Å². The van der Waals surface area contributed by atoms with Gasteiger partial charge in [0.2, 0.25) is 0 Å². The summed E-state index contributed by atoms with van der Waals surface area (Å²) < 4.78 is 39.4. The maximum absolute atomic E-state index is 13.1. The summed E-state index contributed by atoms with van der Waals surface area (Å²) in [6.45, 7) is 2.04. The number of pyridine rings is 1. The molecule has 3 heterocycles. The van der Waals surface area contributed by atoms with Crippen LogP contribution in [0.5, 0.6) is 0 Å². The van der Waals surface area contributed by atoms with Crippen molar-refractivity contribution >= 4 is 5.69 Å². The molecule has 2 aliphatic heterocycles. The molecule has 1 aromatic rings. The summed E-state index contributed by atoms with van der Waals surface area (Å²) in [6, 6.07) is 1.38. The van der Waals surface area contributed by atoms with Gasteiger partial charge < -0.3 is 20.2 Å². The standard InChI is InChI=1S/C16H22F3N3O3/c17-16(18,19)11-5-20-3-1-12(11)22-4-2-10(7-22)6-21-8-13(23)15(25)14(24)9-21/h1,3,5,10,13-15,23-25H,2,4,6-9H2/t10-,13?,14?,15?/m0/s1. The van der Waals surface area contributed by atoms with Gasteiger partial charge in [0.25, 0.3) is 0 Å². The molecule has 3 atom stereocenters. The summed E-state index contributed by atoms with van der Waals surface area (Å²) in [5.41, 5.74) is -0.596. The zero-order valence-corrected chi connectivity index (χ0v) is 13.6. The molecule has 0 aromatic carbocycles. The summed E-state index contributed by atoms with van der Waals surface area (Å²) in [7, 11) is 0. The first-order valence-corrected chi connectivity index (χ1v) is 8.28. The van der Waals surface area contributed by atoms with Crippen LogP contribution in [0.1, 0.15) is 12.0 Å². The summed E-state index contributed by atoms with van der Waals surface area (Å²) in [5, 5.41) is 29.1. The van der Waals surface area contributed by atoms with Crippen LogP contribution in [-0.2, 0) is 6.18 Å². The molecule has 0 radical (unpaired) electrons. The Hall–Kier alpha value is -1.42. The Bertz CT molecular complexity index is 589. The number of anilines is 1. The maximum atomic E-state index is 13.1. The predicted octanol–water partition coefficient (Wildman–Crippen LogP) is 0.325. The van der Waals surface area contributed by atoms with Crippen LogP contribution >= 0.6 is 0 Å². The lowest BCUT2D eigenvalue weighted by Gasteiger charge is -2.38. The lowest BCUT2D eigenvalue weighted by atomic mass is 10.00. The van der Waals surface area contributed by atoms with Crippen LogP contribution in [0.2, 0.25) is 0 Å². The third-order valence-electron chi connectivity index (χ3n) is 4.93. The third-order valence-corrected chi connectivity index (χ3v) is 4.93. The fourth-order valence-corrected chi connectivity index (χ4v) is 3.67. The number of β-amino-alcohol motifs (C(OH)–C–C–N with tert-alkyl or cyclic N) is 2. The predicted molar refractivity (Wildman–Crippen MR) is 84.0 cm³/mol. The molecule has 1 aromatic heterocycles. The maximum Gasteiger partial charge on any atom is 0.419 e. The zero-order chi connectivity index (χ0) is 18.2. The summed E-state index contributed by atoms with van der Waals surface area (Å²) in [5.74, 6) is 0.129. The van der Waals surface area contributed by atoms with Gasteiger partial charge in [-0.1, -0.05) is 0 Å². The number of aliphatic hydroxyl groups is 3. The Balaban J connectivity index is 1.63. The monoisotopic (exact) mass is 361 g/mol. The lowest BCUT2D eigenvalue weighted by Crippen LogP contribution is -2.56. The average Bonchev–Trinajstić information content (AvgIpc) is 3.00. The average molecular weight is 361 g/mol. The summed E-state index contributed by atoms with van der Waals surface area (Å²) in [4.78, 5) is 7.15. The number of alkyl halides is 3. The van der Waals surface area contributed by atoms with E-state index in [0.29, 0.717) is 19.6 Å². The molecule has 3 N–H and O–H groups in total. The van der Waals surface area contributed by atoms with Gasteiger partial charge in [0, 0.05) is 45.1 Å². The minimum atomic E-state index is -4.45. The molecular formula is C16H22F3N3O3. The van der Waals surface area contributed by atoms with Crippen LogP contribution in [0.3, 0.4) is 0 Å². The fourth-order valence-electron chi connectivity index (χ4n) is 3.67. The molecule has 0 saturated carbocycles. The van der Waals surface area contributed by atoms with Gasteiger partial charge in [-0.05, 0) is 18.4 Å². The van der Waals surface area contributed by atoms with E-state index in [2.05, 4.69) is 4.98 Å². The molecule has 0 aliphatic carbocycles. The first kappa shape index (κ1) is 18.4. The van der Waals surface area contributed by atoms with Gasteiger partial charge in [-0.2, -0.15) is 13.2 Å². The molecule has 2 aliphatic rings. The van der Waals surface area contributed by atoms with Crippen LogP contribution in [0.15, 0.2) is 18.5 Å². The zero-order valence-electron chi connectivity index (χ0n) is 13.6. The Morgan fingerprint density at radius 2 is 1.80 bits per heavy atom. The molecule has 0 amide bonds. The number of aliphatic hydroxyl groups excluding tert-OH is 3. The van der Waals surface area contributed by atoms with Crippen LogP contribution in [0, 0.1) is 5.92 Å². The third kappa shape index (κ3) is 4.05. The number of piperidine rings is 1. The Labute approximate surface area is 143 Å². The van der Waals surface area contributed by atoms with Crippen molar-refractivity contribution in [3.63, 3.8) is 0 Å². The molecule has 2 saturated heterocycles. The van der Waals surface area contributed by atoms with Crippen molar-refractivity contribution in [1.82, 2.24) is 9.88 Å². The van der Waals surface area contributed by atoms with Crippen molar-refractivity contribution < 1.29 is 28.5 Å². The number of nitrogens with zero attached hydrogens (tertiary/aromatic N) is 3. The second-order valence-electron chi connectivity index (χ2n) is 6.84. The molecule has 6 nitrogen and oxygen atoms in total. The van der Waals surface area contributed by atoms with Gasteiger partial charge in [0.15, 0.2) is 0 Å². The Morgan fingerprint density at radius 1 is 1.12 bits per heavy atom. The van der Waals surface area contributed by atoms with Crippen molar-refractivity contribution in [2.45, 2.75) is 30.9 Å². The summed E-state index contributed by atoms with van der Waals surface area (Å²) in [6.07, 6.45) is -4.69. The molecule has 3 rings (SSSR count). The van der Waals surface area contributed by atoms with E-state index in [-0.39, 0.29) is 24.7 Å². The molecule has 9 heteroatoms. The number of likely N-dealkylation sites (tertiary alicyclic amines) is 1. The number of aromatic nitrogens is 1. The Morgan fingerprint density at radius 3 is 2.44 bits per heavy atom. The fraction of sp³-hybridized carbons (Fsp3) is 0.688. The highest BCUT2D eigenvalue weighted by atomic mass is 19.4. The Kier molecular flexibility index (Phi) is 5.19. The first-order valence-electron chi connectivity index (χ1n) is 8.28. The number of hydrogen-bond acceptors (Lipinski definition) is 6. The van der Waals surface area contributed by atoms with Crippen molar-refractivity contribution in [2.75, 3.05) is 37.6 Å². The van der Waals surface area contributed by atoms with E-state index in [4.69, 9.17) is 0 Å². The van der Waals surface area contributed by atoms with E-state index in [1.54, 1.807) is 4.90 Å². The normalized spacial score (nSPS) is 31.5. The summed E-state index contributed by atoms with van der Waals surface area (Å²) >= 11 is 0. The van der Waals surface area contributed by atoms with E-state index in [1.165, 1.54) is 12.3 Å². The highest BCUT2D eigenvalue weighted by molar-refractivity contribution is 5.54. The molecule has 0 spiro atoms. The van der Waals surface area contributed by atoms with Gasteiger partial charge >= 0.3 is 6.18 Å². The highest BCUT2D eigenvalue weighted by Gasteiger charge is 2.38. The van der Waals surface area contributed by atoms with Crippen LogP contribution in [0.4, 0.5) is 18.9 Å². The van der Waals surface area contributed by atoms with Crippen molar-refractivity contribution in [2.24, 2.45) is 5.92 Å². The quantitative estimate of drug-likeness (QED) is 0.720. The van der Waals surface area contributed by atoms with E-state index < -0.39 is 30.1 Å². The van der Waals surface area contributed by atoms with Gasteiger partial charge in [-0.15, -0.1) is 0 Å². The minimum Gasteiger partial charge on any atom is -0.389 e. The molecule has 25 heavy (non-hydrogen) atoms. The number of rotatable bonds is 3. The van der Waals surface area contributed by atoms with Crippen molar-refractivity contribution in [1.29, 1.82) is 0 Å². The second kappa shape index (κ2) is 7.06. The minimum absolute atomic E-state index is 0.129. The van der Waals surface area contributed by atoms with E-state index in [9.17, 15) is 28.5 Å². The molecule has 140 valence electrons. The van der Waals surface area contributed by atoms with E-state index in [0.717, 1.165) is 12.6 Å². The van der Waals surface area contributed by atoms with Crippen molar-refractivity contribution in [3.05, 3.63) is 24.0 Å². The number of halogens is 3.